The number of phenolic OH excluding ortho intramolecular Hbond substituents is 1. The third kappa shape index (κ3) is 5.98. The number of rotatable bonds is 8. The Morgan fingerprint density at radius 1 is 0.886 bits per heavy atom. The van der Waals surface area contributed by atoms with Crippen LogP contribution in [-0.2, 0) is 14.8 Å². The number of sulfonamides is 1. The first-order valence-electron chi connectivity index (χ1n) is 11.7. The second-order valence-corrected chi connectivity index (χ2v) is 10.6. The molecule has 1 saturated heterocycles. The lowest BCUT2D eigenvalue weighted by Gasteiger charge is -2.30. The van der Waals surface area contributed by atoms with Gasteiger partial charge in [0, 0.05) is 37.7 Å². The fourth-order valence-corrected chi connectivity index (χ4v) is 5.74. The van der Waals surface area contributed by atoms with Gasteiger partial charge in [-0.1, -0.05) is 36.4 Å². The monoisotopic (exact) mass is 495 g/mol. The highest BCUT2D eigenvalue weighted by atomic mass is 32.2. The molecule has 1 aliphatic rings. The highest BCUT2D eigenvalue weighted by molar-refractivity contribution is 7.89. The summed E-state index contributed by atoms with van der Waals surface area (Å²) >= 11 is 0. The summed E-state index contributed by atoms with van der Waals surface area (Å²) in [6.07, 6.45) is 1.49. The number of carbonyl (C=O) groups is 2. The standard InChI is InChI=1S/C26H29N3O5S/c30-23-8-3-7-22(17-23)26(32)28-14-4-13-27-25(31)20-11-15-29(16-12-20)35(33,34)24-10-9-19-5-1-2-6-21(19)18-24/h1-3,5-10,17-18,20,30H,4,11-16H2,(H,27,31)(H,28,32). The number of amides is 2. The molecule has 0 bridgehead atoms. The molecule has 184 valence electrons. The number of nitrogens with one attached hydrogen (secondary N) is 2. The molecule has 8 nitrogen and oxygen atoms in total. The molecule has 0 radical (unpaired) electrons. The number of nitrogens with zero attached hydrogens (tertiary/aromatic N) is 1. The van der Waals surface area contributed by atoms with Crippen molar-refractivity contribution in [2.24, 2.45) is 5.92 Å². The first-order chi connectivity index (χ1) is 16.8. The molecule has 0 saturated carbocycles. The molecular formula is C26H29N3O5S. The van der Waals surface area contributed by atoms with E-state index in [9.17, 15) is 23.1 Å². The molecule has 0 atom stereocenters. The van der Waals surface area contributed by atoms with E-state index in [-0.39, 0.29) is 28.4 Å². The van der Waals surface area contributed by atoms with Crippen LogP contribution in [0.4, 0.5) is 0 Å². The molecule has 3 aromatic rings. The number of phenols is 1. The van der Waals surface area contributed by atoms with E-state index in [1.165, 1.54) is 16.4 Å². The number of hydrogen-bond donors (Lipinski definition) is 3. The molecule has 2 amide bonds. The Morgan fingerprint density at radius 3 is 2.34 bits per heavy atom. The fraction of sp³-hybridized carbons (Fsp3) is 0.308. The molecule has 1 fully saturated rings. The minimum Gasteiger partial charge on any atom is -0.508 e. The number of hydrogen-bond acceptors (Lipinski definition) is 5. The van der Waals surface area contributed by atoms with E-state index in [4.69, 9.17) is 0 Å². The molecule has 4 rings (SSSR count). The zero-order chi connectivity index (χ0) is 24.8. The van der Waals surface area contributed by atoms with E-state index >= 15 is 0 Å². The fourth-order valence-electron chi connectivity index (χ4n) is 4.23. The van der Waals surface area contributed by atoms with Crippen molar-refractivity contribution in [2.45, 2.75) is 24.2 Å². The van der Waals surface area contributed by atoms with Gasteiger partial charge in [-0.3, -0.25) is 9.59 Å². The van der Waals surface area contributed by atoms with Crippen molar-refractivity contribution in [3.63, 3.8) is 0 Å². The lowest BCUT2D eigenvalue weighted by molar-refractivity contribution is -0.126. The largest absolute Gasteiger partial charge is 0.508 e. The van der Waals surface area contributed by atoms with E-state index in [2.05, 4.69) is 10.6 Å². The van der Waals surface area contributed by atoms with Crippen LogP contribution in [0.1, 0.15) is 29.6 Å². The summed E-state index contributed by atoms with van der Waals surface area (Å²) < 4.78 is 27.7. The van der Waals surface area contributed by atoms with Gasteiger partial charge in [0.05, 0.1) is 4.90 Å². The number of carbonyl (C=O) groups excluding carboxylic acids is 2. The molecule has 9 heteroatoms. The van der Waals surface area contributed by atoms with Gasteiger partial charge in [-0.15, -0.1) is 0 Å². The van der Waals surface area contributed by atoms with Crippen LogP contribution < -0.4 is 10.6 Å². The molecule has 35 heavy (non-hydrogen) atoms. The zero-order valence-corrected chi connectivity index (χ0v) is 20.1. The highest BCUT2D eigenvalue weighted by Gasteiger charge is 2.32. The third-order valence-corrected chi connectivity index (χ3v) is 8.12. The molecule has 0 aliphatic carbocycles. The van der Waals surface area contributed by atoms with Gasteiger partial charge in [0.1, 0.15) is 5.75 Å². The van der Waals surface area contributed by atoms with Crippen LogP contribution in [0.2, 0.25) is 0 Å². The van der Waals surface area contributed by atoms with Crippen molar-refractivity contribution in [3.8, 4) is 5.75 Å². The lowest BCUT2D eigenvalue weighted by atomic mass is 9.97. The normalized spacial score (nSPS) is 15.1. The van der Waals surface area contributed by atoms with Crippen molar-refractivity contribution in [1.82, 2.24) is 14.9 Å². The van der Waals surface area contributed by atoms with Gasteiger partial charge in [0.15, 0.2) is 0 Å². The first-order valence-corrected chi connectivity index (χ1v) is 13.1. The lowest BCUT2D eigenvalue weighted by Crippen LogP contribution is -2.43. The molecule has 1 heterocycles. The minimum atomic E-state index is -3.61. The molecule has 3 aromatic carbocycles. The summed E-state index contributed by atoms with van der Waals surface area (Å²) in [5, 5.41) is 16.9. The van der Waals surface area contributed by atoms with Crippen molar-refractivity contribution < 1.29 is 23.1 Å². The molecule has 0 unspecified atom stereocenters. The van der Waals surface area contributed by atoms with Crippen molar-refractivity contribution in [3.05, 3.63) is 72.3 Å². The maximum Gasteiger partial charge on any atom is 0.251 e. The van der Waals surface area contributed by atoms with Crippen molar-refractivity contribution in [1.29, 1.82) is 0 Å². The second-order valence-electron chi connectivity index (χ2n) is 8.64. The number of fused-ring (bicyclic) bond motifs is 1. The van der Waals surface area contributed by atoms with Crippen LogP contribution in [0.5, 0.6) is 5.75 Å². The van der Waals surface area contributed by atoms with Gasteiger partial charge in [-0.25, -0.2) is 8.42 Å². The van der Waals surface area contributed by atoms with Crippen molar-refractivity contribution in [2.75, 3.05) is 26.2 Å². The molecule has 3 N–H and O–H groups in total. The maximum absolute atomic E-state index is 13.1. The topological polar surface area (TPSA) is 116 Å². The Morgan fingerprint density at radius 2 is 1.60 bits per heavy atom. The summed E-state index contributed by atoms with van der Waals surface area (Å²) in [6, 6.07) is 18.9. The van der Waals surface area contributed by atoms with Crippen molar-refractivity contribution >= 4 is 32.6 Å². The summed E-state index contributed by atoms with van der Waals surface area (Å²) in [5.41, 5.74) is 0.374. The summed E-state index contributed by atoms with van der Waals surface area (Å²) in [4.78, 5) is 24.9. The number of piperidine rings is 1. The molecule has 1 aliphatic heterocycles. The quantitative estimate of drug-likeness (QED) is 0.416. The Labute approximate surface area is 205 Å². The molecule has 0 spiro atoms. The summed E-state index contributed by atoms with van der Waals surface area (Å²) in [6.45, 7) is 1.40. The van der Waals surface area contributed by atoms with Gasteiger partial charge in [0.2, 0.25) is 15.9 Å². The average Bonchev–Trinajstić information content (AvgIpc) is 2.88. The second kappa shape index (κ2) is 10.9. The van der Waals surface area contributed by atoms with Crippen LogP contribution in [0.15, 0.2) is 71.6 Å². The van der Waals surface area contributed by atoms with Gasteiger partial charge < -0.3 is 15.7 Å². The smallest absolute Gasteiger partial charge is 0.251 e. The SMILES string of the molecule is O=C(NCCCNC(=O)C1CCN(S(=O)(=O)c2ccc3ccccc3c2)CC1)c1cccc(O)c1. The van der Waals surface area contributed by atoms with E-state index in [0.717, 1.165) is 10.8 Å². The van der Waals surface area contributed by atoms with Crippen LogP contribution in [0.3, 0.4) is 0 Å². The predicted molar refractivity (Wildman–Crippen MR) is 133 cm³/mol. The van der Waals surface area contributed by atoms with E-state index in [1.807, 2.05) is 30.3 Å². The molecule has 0 aromatic heterocycles. The van der Waals surface area contributed by atoms with Gasteiger partial charge in [-0.2, -0.15) is 4.31 Å². The summed E-state index contributed by atoms with van der Waals surface area (Å²) in [7, 11) is -3.61. The maximum atomic E-state index is 13.1. The Hall–Kier alpha value is -3.43. The highest BCUT2D eigenvalue weighted by Crippen LogP contribution is 2.26. The Bertz CT molecular complexity index is 1320. The van der Waals surface area contributed by atoms with Gasteiger partial charge >= 0.3 is 0 Å². The van der Waals surface area contributed by atoms with Crippen LogP contribution in [-0.4, -0.2) is 55.8 Å². The van der Waals surface area contributed by atoms with E-state index in [1.54, 1.807) is 24.3 Å². The third-order valence-electron chi connectivity index (χ3n) is 6.23. The zero-order valence-electron chi connectivity index (χ0n) is 19.3. The Balaban J connectivity index is 1.21. The minimum absolute atomic E-state index is 0.0287. The predicted octanol–water partition coefficient (Wildman–Crippen LogP) is 2.88. The average molecular weight is 496 g/mol. The molecular weight excluding hydrogens is 466 g/mol. The first kappa shape index (κ1) is 24.7. The van der Waals surface area contributed by atoms with Crippen LogP contribution >= 0.6 is 0 Å². The van der Waals surface area contributed by atoms with E-state index < -0.39 is 10.0 Å². The summed E-state index contributed by atoms with van der Waals surface area (Å²) in [5.74, 6) is -0.583. The van der Waals surface area contributed by atoms with Gasteiger partial charge in [0.25, 0.3) is 5.91 Å². The van der Waals surface area contributed by atoms with Crippen LogP contribution in [0, 0.1) is 5.92 Å². The Kier molecular flexibility index (Phi) is 7.67. The van der Waals surface area contributed by atoms with E-state index in [0.29, 0.717) is 51.0 Å². The number of aromatic hydroxyl groups is 1. The number of benzene rings is 3. The van der Waals surface area contributed by atoms with Crippen LogP contribution in [0.25, 0.3) is 10.8 Å². The van der Waals surface area contributed by atoms with Gasteiger partial charge in [-0.05, 0) is 60.4 Å².